The van der Waals surface area contributed by atoms with E-state index in [-0.39, 0.29) is 12.4 Å². The van der Waals surface area contributed by atoms with Gasteiger partial charge >= 0.3 is 5.97 Å². The van der Waals surface area contributed by atoms with Crippen LogP contribution in [0.4, 0.5) is 4.39 Å². The molecule has 2 unspecified atom stereocenters. The van der Waals surface area contributed by atoms with E-state index in [1.54, 1.807) is 0 Å². The number of nitrogens with one attached hydrogen (secondary N) is 1. The van der Waals surface area contributed by atoms with Crippen LogP contribution in [0.2, 0.25) is 0 Å². The summed E-state index contributed by atoms with van der Waals surface area (Å²) in [5, 5.41) is 2.89. The van der Waals surface area contributed by atoms with Crippen molar-refractivity contribution in [2.45, 2.75) is 25.1 Å². The number of carbonyl (C=O) groups excluding carboxylic acids is 1. The van der Waals surface area contributed by atoms with Gasteiger partial charge in [-0.3, -0.25) is 4.79 Å². The number of carbonyl (C=O) groups is 1. The quantitative estimate of drug-likeness (QED) is 0.560. The Kier molecular flexibility index (Phi) is 2.82. The molecule has 1 saturated heterocycles. The minimum atomic E-state index is -0.861. The van der Waals surface area contributed by atoms with Gasteiger partial charge < -0.3 is 10.1 Å². The fourth-order valence-electron chi connectivity index (χ4n) is 1.19. The molecule has 0 aliphatic carbocycles. The van der Waals surface area contributed by atoms with Gasteiger partial charge in [0.2, 0.25) is 0 Å². The molecular weight excluding hydrogens is 149 g/mol. The summed E-state index contributed by atoms with van der Waals surface area (Å²) < 4.78 is 17.2. The largest absolute Gasteiger partial charge is 0.468 e. The van der Waals surface area contributed by atoms with Crippen molar-refractivity contribution in [2.24, 2.45) is 0 Å². The van der Waals surface area contributed by atoms with E-state index >= 15 is 0 Å². The van der Waals surface area contributed by atoms with Crippen LogP contribution in [0.1, 0.15) is 12.8 Å². The maximum atomic E-state index is 12.7. The van der Waals surface area contributed by atoms with Crippen LogP contribution in [0.15, 0.2) is 0 Å². The lowest BCUT2D eigenvalue weighted by Gasteiger charge is -2.23. The molecule has 0 saturated carbocycles. The van der Waals surface area contributed by atoms with E-state index in [1.165, 1.54) is 7.11 Å². The third kappa shape index (κ3) is 2.15. The zero-order valence-electron chi connectivity index (χ0n) is 6.47. The molecule has 1 N–H and O–H groups in total. The minimum Gasteiger partial charge on any atom is -0.468 e. The molecule has 4 heteroatoms. The van der Waals surface area contributed by atoms with Gasteiger partial charge in [0.1, 0.15) is 12.2 Å². The van der Waals surface area contributed by atoms with E-state index in [1.807, 2.05) is 0 Å². The smallest absolute Gasteiger partial charge is 0.322 e. The summed E-state index contributed by atoms with van der Waals surface area (Å²) in [5.74, 6) is -0.368. The fourth-order valence-corrected chi connectivity index (χ4v) is 1.19. The maximum Gasteiger partial charge on any atom is 0.322 e. The summed E-state index contributed by atoms with van der Waals surface area (Å²) in [6.07, 6.45) is -0.125. The zero-order valence-corrected chi connectivity index (χ0v) is 6.47. The summed E-state index contributed by atoms with van der Waals surface area (Å²) >= 11 is 0. The second kappa shape index (κ2) is 3.67. The van der Waals surface area contributed by atoms with Crippen molar-refractivity contribution in [1.29, 1.82) is 0 Å². The van der Waals surface area contributed by atoms with Crippen LogP contribution in [0.5, 0.6) is 0 Å². The lowest BCUT2D eigenvalue weighted by molar-refractivity contribution is -0.144. The highest BCUT2D eigenvalue weighted by Gasteiger charge is 2.26. The number of piperidine rings is 1. The second-order valence-corrected chi connectivity index (χ2v) is 2.65. The Labute approximate surface area is 64.9 Å². The summed E-state index contributed by atoms with van der Waals surface area (Å²) in [6.45, 7) is 0.556. The van der Waals surface area contributed by atoms with Gasteiger partial charge in [-0.2, -0.15) is 0 Å². The van der Waals surface area contributed by atoms with Crippen LogP contribution >= 0.6 is 0 Å². The Morgan fingerprint density at radius 1 is 1.73 bits per heavy atom. The van der Waals surface area contributed by atoms with E-state index in [9.17, 15) is 9.18 Å². The number of hydrogen-bond donors (Lipinski definition) is 1. The van der Waals surface area contributed by atoms with Crippen molar-refractivity contribution in [3.63, 3.8) is 0 Å². The van der Waals surface area contributed by atoms with Crippen molar-refractivity contribution in [2.75, 3.05) is 13.7 Å². The molecule has 11 heavy (non-hydrogen) atoms. The molecule has 1 fully saturated rings. The molecule has 2 atom stereocenters. The Hall–Kier alpha value is -0.640. The summed E-state index contributed by atoms with van der Waals surface area (Å²) in [5.41, 5.74) is 0. The van der Waals surface area contributed by atoms with Crippen LogP contribution in [-0.2, 0) is 9.53 Å². The van der Waals surface area contributed by atoms with Gasteiger partial charge in [-0.1, -0.05) is 0 Å². The number of alkyl halides is 1. The van der Waals surface area contributed by atoms with Crippen LogP contribution in [-0.4, -0.2) is 31.8 Å². The SMILES string of the molecule is COC(=O)C1CC(F)CCN1. The van der Waals surface area contributed by atoms with E-state index in [4.69, 9.17) is 0 Å². The fraction of sp³-hybridized carbons (Fsp3) is 0.857. The molecule has 0 amide bonds. The van der Waals surface area contributed by atoms with Gasteiger partial charge in [0.25, 0.3) is 0 Å². The molecule has 1 heterocycles. The Balaban J connectivity index is 2.39. The van der Waals surface area contributed by atoms with Gasteiger partial charge in [0, 0.05) is 6.42 Å². The maximum absolute atomic E-state index is 12.7. The van der Waals surface area contributed by atoms with E-state index in [0.717, 1.165) is 0 Å². The first-order valence-corrected chi connectivity index (χ1v) is 3.69. The molecule has 0 aromatic heterocycles. The van der Waals surface area contributed by atoms with Gasteiger partial charge in [-0.25, -0.2) is 4.39 Å². The second-order valence-electron chi connectivity index (χ2n) is 2.65. The topological polar surface area (TPSA) is 38.3 Å². The molecule has 64 valence electrons. The molecule has 0 aromatic rings. The standard InChI is InChI=1S/C7H12FNO2/c1-11-7(10)6-4-5(8)2-3-9-6/h5-6,9H,2-4H2,1H3. The Bertz CT molecular complexity index is 151. The lowest BCUT2D eigenvalue weighted by atomic mass is 10.0. The molecule has 3 nitrogen and oxygen atoms in total. The van der Waals surface area contributed by atoms with Crippen molar-refractivity contribution < 1.29 is 13.9 Å². The van der Waals surface area contributed by atoms with Crippen LogP contribution < -0.4 is 5.32 Å². The number of methoxy groups -OCH3 is 1. The van der Waals surface area contributed by atoms with Crippen molar-refractivity contribution in [3.8, 4) is 0 Å². The van der Waals surface area contributed by atoms with Crippen molar-refractivity contribution in [3.05, 3.63) is 0 Å². The predicted molar refractivity (Wildman–Crippen MR) is 37.9 cm³/mol. The normalized spacial score (nSPS) is 31.5. The zero-order chi connectivity index (χ0) is 8.27. The average Bonchev–Trinajstić information content (AvgIpc) is 2.03. The molecule has 0 spiro atoms. The van der Waals surface area contributed by atoms with Gasteiger partial charge in [-0.15, -0.1) is 0 Å². The van der Waals surface area contributed by atoms with Gasteiger partial charge in [0.05, 0.1) is 7.11 Å². The molecule has 1 rings (SSSR count). The first kappa shape index (κ1) is 8.46. The highest BCUT2D eigenvalue weighted by Crippen LogP contribution is 2.12. The van der Waals surface area contributed by atoms with Gasteiger partial charge in [-0.05, 0) is 13.0 Å². The highest BCUT2D eigenvalue weighted by atomic mass is 19.1. The molecule has 0 aromatic carbocycles. The Morgan fingerprint density at radius 2 is 2.45 bits per heavy atom. The molecule has 0 bridgehead atoms. The van der Waals surface area contributed by atoms with Crippen LogP contribution in [0.3, 0.4) is 0 Å². The van der Waals surface area contributed by atoms with Crippen molar-refractivity contribution >= 4 is 5.97 Å². The van der Waals surface area contributed by atoms with E-state index in [0.29, 0.717) is 13.0 Å². The molecular formula is C7H12FNO2. The minimum absolute atomic E-state index is 0.243. The third-order valence-electron chi connectivity index (χ3n) is 1.83. The van der Waals surface area contributed by atoms with Crippen LogP contribution in [0, 0.1) is 0 Å². The average molecular weight is 161 g/mol. The number of hydrogen-bond acceptors (Lipinski definition) is 3. The molecule has 1 aliphatic rings. The van der Waals surface area contributed by atoms with Crippen LogP contribution in [0.25, 0.3) is 0 Å². The first-order valence-electron chi connectivity index (χ1n) is 3.69. The monoisotopic (exact) mass is 161 g/mol. The number of rotatable bonds is 1. The van der Waals surface area contributed by atoms with E-state index < -0.39 is 12.2 Å². The summed E-state index contributed by atoms with van der Waals surface area (Å²) in [4.78, 5) is 10.9. The number of ether oxygens (including phenoxy) is 1. The summed E-state index contributed by atoms with van der Waals surface area (Å²) in [7, 11) is 1.31. The van der Waals surface area contributed by atoms with Gasteiger partial charge in [0.15, 0.2) is 0 Å². The number of esters is 1. The highest BCUT2D eigenvalue weighted by molar-refractivity contribution is 5.75. The number of halogens is 1. The third-order valence-corrected chi connectivity index (χ3v) is 1.83. The Morgan fingerprint density at radius 3 is 3.00 bits per heavy atom. The lowest BCUT2D eigenvalue weighted by Crippen LogP contribution is -2.44. The van der Waals surface area contributed by atoms with E-state index in [2.05, 4.69) is 10.1 Å². The predicted octanol–water partition coefficient (Wildman–Crippen LogP) is 0.249. The molecule has 0 radical (unpaired) electrons. The van der Waals surface area contributed by atoms with Crippen molar-refractivity contribution in [1.82, 2.24) is 5.32 Å². The summed E-state index contributed by atoms with van der Waals surface area (Å²) in [6, 6.07) is -0.441. The first-order chi connectivity index (χ1) is 5.24. The molecule has 1 aliphatic heterocycles.